The van der Waals surface area contributed by atoms with Crippen LogP contribution in [-0.2, 0) is 19.3 Å². The highest BCUT2D eigenvalue weighted by Crippen LogP contribution is 2.42. The van der Waals surface area contributed by atoms with Crippen LogP contribution >= 0.6 is 0 Å². The van der Waals surface area contributed by atoms with Crippen molar-refractivity contribution in [2.75, 3.05) is 0 Å². The van der Waals surface area contributed by atoms with E-state index in [4.69, 9.17) is 14.2 Å². The zero-order valence-electron chi connectivity index (χ0n) is 20.0. The number of hydrogen-bond acceptors (Lipinski definition) is 6. The van der Waals surface area contributed by atoms with Crippen molar-refractivity contribution in [1.82, 2.24) is 15.4 Å². The van der Waals surface area contributed by atoms with Crippen molar-refractivity contribution in [1.29, 1.82) is 0 Å². The minimum absolute atomic E-state index is 0.131. The van der Waals surface area contributed by atoms with E-state index in [0.717, 1.165) is 16.7 Å². The first-order valence-electron chi connectivity index (χ1n) is 11.6. The third-order valence-electron chi connectivity index (χ3n) is 5.30. The average molecular weight is 478 g/mol. The van der Waals surface area contributed by atoms with E-state index in [-0.39, 0.29) is 17.5 Å². The van der Waals surface area contributed by atoms with E-state index in [1.54, 1.807) is 0 Å². The SMILES string of the molecule is C=CCc1ccccc1Oc1nnnc(Oc2ccccc2CC=C)c1Oc1ccccc1CC=C. The maximum absolute atomic E-state index is 6.37. The van der Waals surface area contributed by atoms with Gasteiger partial charge in [0.25, 0.3) is 17.5 Å². The number of ether oxygens (including phenoxy) is 3. The topological polar surface area (TPSA) is 66.4 Å². The van der Waals surface area contributed by atoms with Gasteiger partial charge in [-0.3, -0.25) is 0 Å². The number of hydrogen-bond donors (Lipinski definition) is 0. The van der Waals surface area contributed by atoms with Gasteiger partial charge in [-0.2, -0.15) is 0 Å². The Labute approximate surface area is 211 Å². The van der Waals surface area contributed by atoms with Crippen LogP contribution in [-0.4, -0.2) is 15.4 Å². The maximum atomic E-state index is 6.37. The fraction of sp³-hybridized carbons (Fsp3) is 0.100. The Bertz CT molecular complexity index is 1290. The van der Waals surface area contributed by atoms with Gasteiger partial charge in [0, 0.05) is 0 Å². The molecule has 1 aromatic heterocycles. The summed E-state index contributed by atoms with van der Waals surface area (Å²) in [7, 11) is 0. The van der Waals surface area contributed by atoms with E-state index in [2.05, 4.69) is 35.1 Å². The van der Waals surface area contributed by atoms with Crippen LogP contribution in [0, 0.1) is 0 Å². The number of aromatic nitrogens is 3. The molecule has 0 atom stereocenters. The van der Waals surface area contributed by atoms with Crippen LogP contribution in [0.25, 0.3) is 0 Å². The van der Waals surface area contributed by atoms with Gasteiger partial charge in [-0.05, 0) is 59.4 Å². The first kappa shape index (κ1) is 24.4. The van der Waals surface area contributed by atoms with Crippen LogP contribution in [0.3, 0.4) is 0 Å². The highest BCUT2D eigenvalue weighted by Gasteiger charge is 2.22. The molecular weight excluding hydrogens is 450 g/mol. The van der Waals surface area contributed by atoms with Gasteiger partial charge >= 0.3 is 0 Å². The molecule has 0 aliphatic carbocycles. The molecule has 0 saturated carbocycles. The molecule has 0 radical (unpaired) electrons. The Morgan fingerprint density at radius 2 is 0.889 bits per heavy atom. The van der Waals surface area contributed by atoms with Crippen LogP contribution in [0.15, 0.2) is 111 Å². The van der Waals surface area contributed by atoms with Gasteiger partial charge in [-0.15, -0.1) is 19.7 Å². The molecule has 4 rings (SSSR count). The van der Waals surface area contributed by atoms with Crippen LogP contribution in [0.2, 0.25) is 0 Å². The summed E-state index contributed by atoms with van der Waals surface area (Å²) in [6, 6.07) is 23.0. The minimum Gasteiger partial charge on any atom is -0.446 e. The Morgan fingerprint density at radius 3 is 1.28 bits per heavy atom. The summed E-state index contributed by atoms with van der Waals surface area (Å²) < 4.78 is 18.8. The lowest BCUT2D eigenvalue weighted by atomic mass is 10.1. The van der Waals surface area contributed by atoms with E-state index >= 15 is 0 Å². The first-order chi connectivity index (χ1) is 17.7. The molecule has 0 N–H and O–H groups in total. The van der Waals surface area contributed by atoms with Crippen molar-refractivity contribution >= 4 is 0 Å². The summed E-state index contributed by atoms with van der Waals surface area (Å²) in [5.74, 6) is 2.31. The predicted molar refractivity (Wildman–Crippen MR) is 141 cm³/mol. The Morgan fingerprint density at radius 1 is 0.528 bits per heavy atom. The van der Waals surface area contributed by atoms with Gasteiger partial charge in [0.15, 0.2) is 0 Å². The standard InChI is InChI=1S/C30H27N3O3/c1-4-13-22-16-7-10-19-25(22)34-28-29(35-26-20-11-8-17-23(26)14-5-2)31-33-32-30(28)36-27-21-12-9-18-24(27)15-6-3/h4-12,16-21H,1-3,13-15H2. The molecular formula is C30H27N3O3. The Balaban J connectivity index is 1.80. The van der Waals surface area contributed by atoms with Crippen molar-refractivity contribution in [3.05, 3.63) is 127 Å². The molecule has 1 heterocycles. The van der Waals surface area contributed by atoms with Crippen LogP contribution in [0.1, 0.15) is 16.7 Å². The van der Waals surface area contributed by atoms with Gasteiger partial charge in [0.1, 0.15) is 17.2 Å². The normalized spacial score (nSPS) is 10.3. The second-order valence-electron chi connectivity index (χ2n) is 7.84. The summed E-state index contributed by atoms with van der Waals surface area (Å²) in [6.07, 6.45) is 7.33. The second kappa shape index (κ2) is 12.1. The third kappa shape index (κ3) is 5.85. The number of para-hydroxylation sites is 3. The van der Waals surface area contributed by atoms with Gasteiger partial charge in [-0.25, -0.2) is 0 Å². The monoisotopic (exact) mass is 477 g/mol. The molecule has 0 saturated heterocycles. The Kier molecular flexibility index (Phi) is 8.22. The molecule has 180 valence electrons. The third-order valence-corrected chi connectivity index (χ3v) is 5.30. The molecule has 0 fully saturated rings. The molecule has 0 unspecified atom stereocenters. The van der Waals surface area contributed by atoms with Crippen LogP contribution in [0.5, 0.6) is 34.8 Å². The van der Waals surface area contributed by atoms with Gasteiger partial charge in [-0.1, -0.05) is 83.0 Å². The van der Waals surface area contributed by atoms with Crippen molar-refractivity contribution in [2.45, 2.75) is 19.3 Å². The molecule has 0 amide bonds. The largest absolute Gasteiger partial charge is 0.446 e. The van der Waals surface area contributed by atoms with Crippen molar-refractivity contribution in [2.24, 2.45) is 0 Å². The van der Waals surface area contributed by atoms with Crippen molar-refractivity contribution in [3.63, 3.8) is 0 Å². The molecule has 4 aromatic rings. The quantitative estimate of drug-likeness (QED) is 0.198. The van der Waals surface area contributed by atoms with Crippen LogP contribution < -0.4 is 14.2 Å². The lowest BCUT2D eigenvalue weighted by molar-refractivity contribution is 0.351. The number of rotatable bonds is 12. The fourth-order valence-electron chi connectivity index (χ4n) is 3.61. The fourth-order valence-corrected chi connectivity index (χ4v) is 3.61. The van der Waals surface area contributed by atoms with Crippen molar-refractivity contribution < 1.29 is 14.2 Å². The zero-order valence-corrected chi connectivity index (χ0v) is 20.0. The maximum Gasteiger partial charge on any atom is 0.290 e. The van der Waals surface area contributed by atoms with E-state index in [9.17, 15) is 0 Å². The summed E-state index contributed by atoms with van der Waals surface area (Å²) >= 11 is 0. The van der Waals surface area contributed by atoms with E-state index in [1.165, 1.54) is 0 Å². The summed E-state index contributed by atoms with van der Waals surface area (Å²) in [4.78, 5) is 0. The lowest BCUT2D eigenvalue weighted by Gasteiger charge is -2.17. The van der Waals surface area contributed by atoms with Gasteiger partial charge in [0.2, 0.25) is 0 Å². The minimum atomic E-state index is 0.131. The molecule has 36 heavy (non-hydrogen) atoms. The predicted octanol–water partition coefficient (Wildman–Crippen LogP) is 7.43. The molecule has 3 aromatic carbocycles. The number of benzene rings is 3. The zero-order chi connectivity index (χ0) is 25.2. The van der Waals surface area contributed by atoms with Gasteiger partial charge < -0.3 is 14.2 Å². The average Bonchev–Trinajstić information content (AvgIpc) is 2.89. The van der Waals surface area contributed by atoms with E-state index in [1.807, 2.05) is 91.0 Å². The molecule has 6 heteroatoms. The highest BCUT2D eigenvalue weighted by atomic mass is 16.6. The summed E-state index contributed by atoms with van der Waals surface area (Å²) in [6.45, 7) is 11.5. The van der Waals surface area contributed by atoms with E-state index < -0.39 is 0 Å². The van der Waals surface area contributed by atoms with Crippen molar-refractivity contribution in [3.8, 4) is 34.8 Å². The second-order valence-corrected chi connectivity index (χ2v) is 7.84. The molecule has 0 aliphatic rings. The molecule has 0 bridgehead atoms. The Hall–Kier alpha value is -4.71. The highest BCUT2D eigenvalue weighted by molar-refractivity contribution is 5.51. The smallest absolute Gasteiger partial charge is 0.290 e. The summed E-state index contributed by atoms with van der Waals surface area (Å²) in [5, 5.41) is 12.2. The lowest BCUT2D eigenvalue weighted by Crippen LogP contribution is -2.03. The molecule has 6 nitrogen and oxygen atoms in total. The molecule has 0 spiro atoms. The van der Waals surface area contributed by atoms with Crippen LogP contribution in [0.4, 0.5) is 0 Å². The first-order valence-corrected chi connectivity index (χ1v) is 11.6. The van der Waals surface area contributed by atoms with E-state index in [0.29, 0.717) is 36.5 Å². The molecule has 0 aliphatic heterocycles. The van der Waals surface area contributed by atoms with Gasteiger partial charge in [0.05, 0.1) is 0 Å². The summed E-state index contributed by atoms with van der Waals surface area (Å²) in [5.41, 5.74) is 2.84. The number of allylic oxidation sites excluding steroid dienone is 3. The number of nitrogens with zero attached hydrogens (tertiary/aromatic N) is 3.